The number of anilines is 1. The number of nitrogen functional groups attached to an aromatic ring is 1. The van der Waals surface area contributed by atoms with Gasteiger partial charge in [0.15, 0.2) is 0 Å². The molecule has 1 atom stereocenters. The number of hydrogen-bond acceptors (Lipinski definition) is 2. The molecule has 1 aliphatic heterocycles. The summed E-state index contributed by atoms with van der Waals surface area (Å²) in [5.41, 5.74) is 7.52. The average molecular weight is 273 g/mol. The molecular formula is C16H23N3O. The van der Waals surface area contributed by atoms with E-state index < -0.39 is 0 Å². The van der Waals surface area contributed by atoms with E-state index in [2.05, 4.69) is 12.2 Å². The van der Waals surface area contributed by atoms with Gasteiger partial charge in [-0.15, -0.1) is 0 Å². The predicted octanol–water partition coefficient (Wildman–Crippen LogP) is 2.70. The lowest BCUT2D eigenvalue weighted by atomic mass is 10.0. The van der Waals surface area contributed by atoms with Gasteiger partial charge in [0.1, 0.15) is 0 Å². The van der Waals surface area contributed by atoms with Gasteiger partial charge in [-0.25, -0.2) is 4.79 Å². The Morgan fingerprint density at radius 3 is 2.65 bits per heavy atom. The monoisotopic (exact) mass is 273 g/mol. The van der Waals surface area contributed by atoms with Crippen LogP contribution in [0, 0.1) is 5.92 Å². The van der Waals surface area contributed by atoms with Crippen LogP contribution >= 0.6 is 0 Å². The minimum atomic E-state index is -0.147. The summed E-state index contributed by atoms with van der Waals surface area (Å²) >= 11 is 0. The van der Waals surface area contributed by atoms with Crippen LogP contribution < -0.4 is 11.1 Å². The third kappa shape index (κ3) is 2.60. The van der Waals surface area contributed by atoms with Gasteiger partial charge in [-0.1, -0.05) is 19.1 Å². The van der Waals surface area contributed by atoms with Crippen LogP contribution in [0.2, 0.25) is 0 Å². The van der Waals surface area contributed by atoms with Crippen molar-refractivity contribution < 1.29 is 4.79 Å². The Balaban J connectivity index is 1.67. The summed E-state index contributed by atoms with van der Waals surface area (Å²) in [6.07, 6.45) is 4.38. The van der Waals surface area contributed by atoms with Crippen LogP contribution in [0.5, 0.6) is 0 Å². The smallest absolute Gasteiger partial charge is 0.318 e. The maximum atomic E-state index is 12.4. The lowest BCUT2D eigenvalue weighted by Gasteiger charge is -2.32. The van der Waals surface area contributed by atoms with E-state index in [0.29, 0.717) is 5.92 Å². The van der Waals surface area contributed by atoms with Gasteiger partial charge >= 0.3 is 6.03 Å². The molecule has 1 saturated heterocycles. The van der Waals surface area contributed by atoms with Crippen LogP contribution in [0.3, 0.4) is 0 Å². The van der Waals surface area contributed by atoms with Gasteiger partial charge in [0.25, 0.3) is 0 Å². The van der Waals surface area contributed by atoms with Gasteiger partial charge < -0.3 is 16.0 Å². The topological polar surface area (TPSA) is 58.4 Å². The molecule has 1 unspecified atom stereocenters. The van der Waals surface area contributed by atoms with E-state index >= 15 is 0 Å². The standard InChI is InChI=1S/C16H23N3O/c1-12-3-2-10-19(11-12)15(20)18-16(8-9-16)13-4-6-14(17)7-5-13/h4-7,12H,2-3,8-11,17H2,1H3,(H,18,20). The summed E-state index contributed by atoms with van der Waals surface area (Å²) in [5, 5.41) is 3.24. The first-order chi connectivity index (χ1) is 9.59. The molecule has 0 bridgehead atoms. The molecule has 2 aliphatic rings. The number of nitrogens with one attached hydrogen (secondary N) is 1. The van der Waals surface area contributed by atoms with E-state index in [0.717, 1.165) is 38.0 Å². The molecule has 20 heavy (non-hydrogen) atoms. The Kier molecular flexibility index (Phi) is 3.32. The van der Waals surface area contributed by atoms with Gasteiger partial charge in [0.2, 0.25) is 0 Å². The minimum absolute atomic E-state index is 0.0888. The first kappa shape index (κ1) is 13.3. The van der Waals surface area contributed by atoms with Crippen molar-refractivity contribution in [3.05, 3.63) is 29.8 Å². The molecule has 4 nitrogen and oxygen atoms in total. The predicted molar refractivity (Wildman–Crippen MR) is 80.3 cm³/mol. The summed E-state index contributed by atoms with van der Waals surface area (Å²) in [6, 6.07) is 7.96. The summed E-state index contributed by atoms with van der Waals surface area (Å²) in [5.74, 6) is 0.612. The van der Waals surface area contributed by atoms with Gasteiger partial charge in [0, 0.05) is 18.8 Å². The zero-order chi connectivity index (χ0) is 14.2. The Morgan fingerprint density at radius 2 is 2.05 bits per heavy atom. The summed E-state index contributed by atoms with van der Waals surface area (Å²) in [4.78, 5) is 14.4. The molecular weight excluding hydrogens is 250 g/mol. The number of carbonyl (C=O) groups is 1. The molecule has 0 radical (unpaired) electrons. The molecule has 1 heterocycles. The molecule has 3 rings (SSSR count). The average Bonchev–Trinajstić information content (AvgIpc) is 3.20. The Bertz CT molecular complexity index is 493. The zero-order valence-corrected chi connectivity index (χ0v) is 12.1. The Morgan fingerprint density at radius 1 is 1.35 bits per heavy atom. The van der Waals surface area contributed by atoms with Crippen molar-refractivity contribution >= 4 is 11.7 Å². The maximum absolute atomic E-state index is 12.4. The van der Waals surface area contributed by atoms with Gasteiger partial charge in [-0.2, -0.15) is 0 Å². The normalized spacial score (nSPS) is 24.2. The molecule has 1 saturated carbocycles. The van der Waals surface area contributed by atoms with Crippen LogP contribution in [0.25, 0.3) is 0 Å². The van der Waals surface area contributed by atoms with Crippen molar-refractivity contribution in [2.45, 2.75) is 38.1 Å². The van der Waals surface area contributed by atoms with Crippen molar-refractivity contribution in [3.8, 4) is 0 Å². The molecule has 4 heteroatoms. The third-order valence-electron chi connectivity index (χ3n) is 4.50. The van der Waals surface area contributed by atoms with E-state index in [1.807, 2.05) is 29.2 Å². The summed E-state index contributed by atoms with van der Waals surface area (Å²) in [7, 11) is 0. The van der Waals surface area contributed by atoms with Crippen molar-refractivity contribution in [1.29, 1.82) is 0 Å². The molecule has 3 N–H and O–H groups in total. The number of nitrogens with two attached hydrogens (primary N) is 1. The highest BCUT2D eigenvalue weighted by Crippen LogP contribution is 2.45. The van der Waals surface area contributed by atoms with Crippen LogP contribution in [-0.2, 0) is 5.54 Å². The number of carbonyl (C=O) groups excluding carboxylic acids is 1. The highest BCUT2D eigenvalue weighted by molar-refractivity contribution is 5.76. The molecule has 0 spiro atoms. The maximum Gasteiger partial charge on any atom is 0.318 e. The van der Waals surface area contributed by atoms with Crippen LogP contribution in [0.4, 0.5) is 10.5 Å². The van der Waals surface area contributed by atoms with Crippen molar-refractivity contribution in [1.82, 2.24) is 10.2 Å². The van der Waals surface area contributed by atoms with E-state index in [1.54, 1.807) is 0 Å². The fourth-order valence-electron chi connectivity index (χ4n) is 3.07. The van der Waals surface area contributed by atoms with Crippen molar-refractivity contribution in [3.63, 3.8) is 0 Å². The van der Waals surface area contributed by atoms with E-state index in [-0.39, 0.29) is 11.6 Å². The molecule has 1 aliphatic carbocycles. The quantitative estimate of drug-likeness (QED) is 0.814. The molecule has 2 amide bonds. The minimum Gasteiger partial charge on any atom is -0.399 e. The summed E-state index contributed by atoms with van der Waals surface area (Å²) < 4.78 is 0. The van der Waals surface area contributed by atoms with Gasteiger partial charge in [-0.3, -0.25) is 0 Å². The lowest BCUT2D eigenvalue weighted by Crippen LogP contribution is -2.48. The second kappa shape index (κ2) is 5.00. The SMILES string of the molecule is CC1CCCN(C(=O)NC2(c3ccc(N)cc3)CC2)C1. The highest BCUT2D eigenvalue weighted by Gasteiger charge is 2.46. The lowest BCUT2D eigenvalue weighted by molar-refractivity contribution is 0.165. The second-order valence-corrected chi connectivity index (χ2v) is 6.33. The number of hydrogen-bond donors (Lipinski definition) is 2. The van der Waals surface area contributed by atoms with Crippen LogP contribution in [0.15, 0.2) is 24.3 Å². The fraction of sp³-hybridized carbons (Fsp3) is 0.562. The molecule has 1 aromatic carbocycles. The first-order valence-corrected chi connectivity index (χ1v) is 7.52. The second-order valence-electron chi connectivity index (χ2n) is 6.33. The summed E-state index contributed by atoms with van der Waals surface area (Å²) in [6.45, 7) is 3.98. The number of piperidine rings is 1. The Hall–Kier alpha value is -1.71. The number of urea groups is 1. The third-order valence-corrected chi connectivity index (χ3v) is 4.50. The molecule has 1 aromatic rings. The van der Waals surface area contributed by atoms with Gasteiger partial charge in [-0.05, 0) is 49.3 Å². The van der Waals surface area contributed by atoms with Gasteiger partial charge in [0.05, 0.1) is 5.54 Å². The van der Waals surface area contributed by atoms with Crippen molar-refractivity contribution in [2.24, 2.45) is 5.92 Å². The molecule has 108 valence electrons. The number of rotatable bonds is 2. The number of amides is 2. The fourth-order valence-corrected chi connectivity index (χ4v) is 3.07. The first-order valence-electron chi connectivity index (χ1n) is 7.52. The molecule has 0 aromatic heterocycles. The van der Waals surface area contributed by atoms with Crippen molar-refractivity contribution in [2.75, 3.05) is 18.8 Å². The number of likely N-dealkylation sites (tertiary alicyclic amines) is 1. The van der Waals surface area contributed by atoms with Crippen LogP contribution in [0.1, 0.15) is 38.2 Å². The van der Waals surface area contributed by atoms with Crippen LogP contribution in [-0.4, -0.2) is 24.0 Å². The zero-order valence-electron chi connectivity index (χ0n) is 12.1. The highest BCUT2D eigenvalue weighted by atomic mass is 16.2. The van der Waals surface area contributed by atoms with E-state index in [1.165, 1.54) is 12.0 Å². The number of nitrogens with zero attached hydrogens (tertiary/aromatic N) is 1. The molecule has 2 fully saturated rings. The van der Waals surface area contributed by atoms with E-state index in [4.69, 9.17) is 5.73 Å². The largest absolute Gasteiger partial charge is 0.399 e. The number of benzene rings is 1. The van der Waals surface area contributed by atoms with E-state index in [9.17, 15) is 4.79 Å². The Labute approximate surface area is 120 Å².